The monoisotopic (exact) mass is 258 g/mol. The predicted octanol–water partition coefficient (Wildman–Crippen LogP) is 1.90. The lowest BCUT2D eigenvalue weighted by Gasteiger charge is -2.18. The highest BCUT2D eigenvalue weighted by Crippen LogP contribution is 2.20. The van der Waals surface area contributed by atoms with Crippen molar-refractivity contribution >= 4 is 11.6 Å². The molecule has 0 spiro atoms. The van der Waals surface area contributed by atoms with Gasteiger partial charge >= 0.3 is 0 Å². The third kappa shape index (κ3) is 3.40. The summed E-state index contributed by atoms with van der Waals surface area (Å²) in [5, 5.41) is 2.85. The Hall–Kier alpha value is -1.69. The van der Waals surface area contributed by atoms with Crippen molar-refractivity contribution < 1.29 is 18.3 Å². The Morgan fingerprint density at radius 1 is 1.44 bits per heavy atom. The molecule has 0 saturated carbocycles. The van der Waals surface area contributed by atoms with Crippen LogP contribution in [0.15, 0.2) is 12.1 Å². The van der Waals surface area contributed by atoms with Gasteiger partial charge in [0, 0.05) is 19.2 Å². The molecule has 6 heteroatoms. The van der Waals surface area contributed by atoms with Crippen LogP contribution in [0.2, 0.25) is 0 Å². The molecule has 0 fully saturated rings. The second kappa shape index (κ2) is 6.30. The molecule has 1 unspecified atom stereocenters. The highest BCUT2D eigenvalue weighted by Gasteiger charge is 2.15. The molecule has 1 rings (SSSR count). The van der Waals surface area contributed by atoms with Crippen molar-refractivity contribution in [2.24, 2.45) is 5.73 Å². The Morgan fingerprint density at radius 3 is 2.61 bits per heavy atom. The topological polar surface area (TPSA) is 64.3 Å². The zero-order valence-corrected chi connectivity index (χ0v) is 10.3. The van der Waals surface area contributed by atoms with Gasteiger partial charge in [0.15, 0.2) is 0 Å². The van der Waals surface area contributed by atoms with E-state index in [-0.39, 0.29) is 17.3 Å². The average molecular weight is 258 g/mol. The number of carbonyl (C=O) groups is 1. The minimum atomic E-state index is -0.967. The number of amides is 1. The Bertz CT molecular complexity index is 438. The second-order valence-electron chi connectivity index (χ2n) is 3.88. The summed E-state index contributed by atoms with van der Waals surface area (Å²) < 4.78 is 31.7. The average Bonchev–Trinajstić information content (AvgIpc) is 2.31. The van der Waals surface area contributed by atoms with Crippen LogP contribution in [0.1, 0.15) is 23.7 Å². The molecule has 100 valence electrons. The maximum absolute atomic E-state index is 13.5. The number of primary amides is 1. The summed E-state index contributed by atoms with van der Waals surface area (Å²) in [6.45, 7) is 2.27. The summed E-state index contributed by atoms with van der Waals surface area (Å²) in [6.07, 6.45) is 0.691. The van der Waals surface area contributed by atoms with Crippen molar-refractivity contribution in [2.75, 3.05) is 19.0 Å². The van der Waals surface area contributed by atoms with E-state index >= 15 is 0 Å². The van der Waals surface area contributed by atoms with Gasteiger partial charge in [-0.1, -0.05) is 6.92 Å². The third-order valence-corrected chi connectivity index (χ3v) is 2.54. The normalized spacial score (nSPS) is 12.2. The number of hydrogen-bond donors (Lipinski definition) is 2. The lowest BCUT2D eigenvalue weighted by atomic mass is 10.1. The van der Waals surface area contributed by atoms with Gasteiger partial charge < -0.3 is 15.8 Å². The number of halogens is 2. The Balaban J connectivity index is 3.01. The van der Waals surface area contributed by atoms with Crippen molar-refractivity contribution in [3.63, 3.8) is 0 Å². The van der Waals surface area contributed by atoms with Crippen LogP contribution in [0.5, 0.6) is 0 Å². The minimum absolute atomic E-state index is 0.0362. The highest BCUT2D eigenvalue weighted by atomic mass is 19.1. The van der Waals surface area contributed by atoms with E-state index in [1.165, 1.54) is 7.11 Å². The number of benzene rings is 1. The summed E-state index contributed by atoms with van der Waals surface area (Å²) in [5.74, 6) is -2.67. The lowest BCUT2D eigenvalue weighted by molar-refractivity contribution is 0.0996. The van der Waals surface area contributed by atoms with Crippen molar-refractivity contribution in [1.29, 1.82) is 0 Å². The molecule has 1 atom stereocenters. The van der Waals surface area contributed by atoms with Crippen molar-refractivity contribution in [2.45, 2.75) is 19.4 Å². The lowest BCUT2D eigenvalue weighted by Crippen LogP contribution is -2.25. The van der Waals surface area contributed by atoms with Gasteiger partial charge in [0.25, 0.3) is 5.91 Å². The standard InChI is InChI=1S/C12H16F2N2O2/c1-3-7(6-18-2)16-11-4-8(12(15)17)9(13)5-10(11)14/h4-5,7,16H,3,6H2,1-2H3,(H2,15,17). The molecule has 0 bridgehead atoms. The molecule has 0 aliphatic heterocycles. The van der Waals surface area contributed by atoms with Gasteiger partial charge in [-0.15, -0.1) is 0 Å². The van der Waals surface area contributed by atoms with Gasteiger partial charge in [0.1, 0.15) is 11.6 Å². The summed E-state index contributed by atoms with van der Waals surface area (Å²) >= 11 is 0. The predicted molar refractivity (Wildman–Crippen MR) is 64.5 cm³/mol. The highest BCUT2D eigenvalue weighted by molar-refractivity contribution is 5.94. The first kappa shape index (κ1) is 14.4. The number of carbonyl (C=O) groups excluding carboxylic acids is 1. The van der Waals surface area contributed by atoms with E-state index in [0.717, 1.165) is 6.07 Å². The van der Waals surface area contributed by atoms with Crippen LogP contribution in [0, 0.1) is 11.6 Å². The largest absolute Gasteiger partial charge is 0.383 e. The number of anilines is 1. The van der Waals surface area contributed by atoms with Gasteiger partial charge in [-0.25, -0.2) is 8.78 Å². The molecule has 1 aromatic carbocycles. The van der Waals surface area contributed by atoms with E-state index < -0.39 is 17.5 Å². The van der Waals surface area contributed by atoms with Crippen LogP contribution in [0.3, 0.4) is 0 Å². The molecule has 0 heterocycles. The zero-order chi connectivity index (χ0) is 13.7. The van der Waals surface area contributed by atoms with Crippen LogP contribution in [-0.4, -0.2) is 25.7 Å². The molecular weight excluding hydrogens is 242 g/mol. The minimum Gasteiger partial charge on any atom is -0.383 e. The molecule has 0 aliphatic rings. The third-order valence-electron chi connectivity index (χ3n) is 2.54. The molecule has 0 aromatic heterocycles. The molecular formula is C12H16F2N2O2. The van der Waals surface area contributed by atoms with Gasteiger partial charge in [0.2, 0.25) is 0 Å². The molecule has 0 saturated heterocycles. The summed E-state index contributed by atoms with van der Waals surface area (Å²) in [6, 6.07) is 1.59. The number of ether oxygens (including phenoxy) is 1. The number of methoxy groups -OCH3 is 1. The van der Waals surface area contributed by atoms with Gasteiger partial charge in [-0.3, -0.25) is 4.79 Å². The van der Waals surface area contributed by atoms with E-state index in [9.17, 15) is 13.6 Å². The van der Waals surface area contributed by atoms with Crippen LogP contribution in [0.25, 0.3) is 0 Å². The summed E-state index contributed by atoms with van der Waals surface area (Å²) in [4.78, 5) is 11.0. The molecule has 0 aliphatic carbocycles. The summed E-state index contributed by atoms with van der Waals surface area (Å²) in [7, 11) is 1.53. The molecule has 4 nitrogen and oxygen atoms in total. The first-order valence-electron chi connectivity index (χ1n) is 5.53. The molecule has 0 radical (unpaired) electrons. The number of rotatable bonds is 6. The van der Waals surface area contributed by atoms with E-state index in [1.807, 2.05) is 6.92 Å². The van der Waals surface area contributed by atoms with Crippen LogP contribution in [-0.2, 0) is 4.74 Å². The van der Waals surface area contributed by atoms with Crippen molar-refractivity contribution in [1.82, 2.24) is 0 Å². The SMILES string of the molecule is CCC(COC)Nc1cc(C(N)=O)c(F)cc1F. The second-order valence-corrected chi connectivity index (χ2v) is 3.88. The summed E-state index contributed by atoms with van der Waals surface area (Å²) in [5.41, 5.74) is 4.70. The van der Waals surface area contributed by atoms with Gasteiger partial charge in [0.05, 0.1) is 17.9 Å². The van der Waals surface area contributed by atoms with E-state index in [1.54, 1.807) is 0 Å². The number of nitrogens with two attached hydrogens (primary N) is 1. The molecule has 1 amide bonds. The first-order chi connectivity index (χ1) is 8.49. The van der Waals surface area contributed by atoms with E-state index in [4.69, 9.17) is 10.5 Å². The Morgan fingerprint density at radius 2 is 2.11 bits per heavy atom. The molecule has 1 aromatic rings. The molecule has 18 heavy (non-hydrogen) atoms. The van der Waals surface area contributed by atoms with Gasteiger partial charge in [-0.05, 0) is 12.5 Å². The fourth-order valence-corrected chi connectivity index (χ4v) is 1.53. The maximum atomic E-state index is 13.5. The quantitative estimate of drug-likeness (QED) is 0.819. The molecule has 3 N–H and O–H groups in total. The van der Waals surface area contributed by atoms with Crippen LogP contribution in [0.4, 0.5) is 14.5 Å². The Labute approximate surface area is 104 Å². The van der Waals surface area contributed by atoms with Crippen molar-refractivity contribution in [3.05, 3.63) is 29.3 Å². The van der Waals surface area contributed by atoms with Gasteiger partial charge in [-0.2, -0.15) is 0 Å². The fourth-order valence-electron chi connectivity index (χ4n) is 1.53. The number of nitrogens with one attached hydrogen (secondary N) is 1. The zero-order valence-electron chi connectivity index (χ0n) is 10.3. The van der Waals surface area contributed by atoms with Crippen LogP contribution < -0.4 is 11.1 Å². The number of hydrogen-bond acceptors (Lipinski definition) is 3. The van der Waals surface area contributed by atoms with Crippen LogP contribution >= 0.6 is 0 Å². The van der Waals surface area contributed by atoms with E-state index in [0.29, 0.717) is 19.1 Å². The maximum Gasteiger partial charge on any atom is 0.251 e. The van der Waals surface area contributed by atoms with Crippen molar-refractivity contribution in [3.8, 4) is 0 Å². The van der Waals surface area contributed by atoms with E-state index in [2.05, 4.69) is 5.32 Å². The fraction of sp³-hybridized carbons (Fsp3) is 0.417. The smallest absolute Gasteiger partial charge is 0.251 e. The Kier molecular flexibility index (Phi) is 5.03. The first-order valence-corrected chi connectivity index (χ1v) is 5.53.